The van der Waals surface area contributed by atoms with Crippen molar-refractivity contribution in [3.8, 4) is 0 Å². The smallest absolute Gasteiger partial charge is 0.0705 e. The molecule has 1 aromatic carbocycles. The number of pyridine rings is 1. The van der Waals surface area contributed by atoms with Crippen LogP contribution in [-0.4, -0.2) is 22.5 Å². The summed E-state index contributed by atoms with van der Waals surface area (Å²) in [5, 5.41) is 1.20. The molecule has 1 aliphatic heterocycles. The van der Waals surface area contributed by atoms with Crippen molar-refractivity contribution < 1.29 is 4.74 Å². The summed E-state index contributed by atoms with van der Waals surface area (Å²) in [5.74, 6) is 0. The van der Waals surface area contributed by atoms with Gasteiger partial charge < -0.3 is 4.74 Å². The Bertz CT molecular complexity index is 537. The molecule has 0 N–H and O–H groups in total. The Morgan fingerprint density at radius 1 is 1.28 bits per heavy atom. The molecule has 1 saturated heterocycles. The highest BCUT2D eigenvalue weighted by Gasteiger charge is 2.24. The number of nitrogens with zero attached hydrogens (tertiary/aromatic N) is 1. The third-order valence-corrected chi connectivity index (χ3v) is 4.34. The van der Waals surface area contributed by atoms with E-state index in [1.54, 1.807) is 0 Å². The molecule has 0 amide bonds. The number of hydrogen-bond acceptors (Lipinski definition) is 2. The van der Waals surface area contributed by atoms with Gasteiger partial charge in [0.15, 0.2) is 0 Å². The van der Waals surface area contributed by atoms with E-state index >= 15 is 0 Å². The van der Waals surface area contributed by atoms with Gasteiger partial charge in [0.05, 0.1) is 11.6 Å². The maximum Gasteiger partial charge on any atom is 0.0705 e. The molecule has 2 nitrogen and oxygen atoms in total. The summed E-state index contributed by atoms with van der Waals surface area (Å²) in [6, 6.07) is 12.5. The molecule has 0 bridgehead atoms. The number of para-hydroxylation sites is 1. The highest BCUT2D eigenvalue weighted by atomic mass is 79.9. The summed E-state index contributed by atoms with van der Waals surface area (Å²) in [6.07, 6.45) is 3.61. The second kappa shape index (κ2) is 5.37. The lowest BCUT2D eigenvalue weighted by molar-refractivity contribution is 0.110. The van der Waals surface area contributed by atoms with Crippen LogP contribution in [0.15, 0.2) is 36.4 Å². The van der Waals surface area contributed by atoms with Crippen LogP contribution in [0.1, 0.15) is 18.5 Å². The number of aromatic nitrogens is 1. The Hall–Kier alpha value is -0.930. The molecule has 18 heavy (non-hydrogen) atoms. The molecular formula is C15H16BrNO. The lowest BCUT2D eigenvalue weighted by Gasteiger charge is -2.16. The van der Waals surface area contributed by atoms with Crippen LogP contribution < -0.4 is 0 Å². The molecule has 1 fully saturated rings. The molecular weight excluding hydrogens is 290 g/mol. The first kappa shape index (κ1) is 12.1. The summed E-state index contributed by atoms with van der Waals surface area (Å²) in [6.45, 7) is 0.901. The van der Waals surface area contributed by atoms with E-state index in [9.17, 15) is 0 Å². The van der Waals surface area contributed by atoms with E-state index in [0.717, 1.165) is 30.7 Å². The summed E-state index contributed by atoms with van der Waals surface area (Å²) in [4.78, 5) is 5.07. The van der Waals surface area contributed by atoms with Crippen molar-refractivity contribution >= 4 is 26.8 Å². The quantitative estimate of drug-likeness (QED) is 0.806. The molecule has 0 spiro atoms. The lowest BCUT2D eigenvalue weighted by Crippen LogP contribution is -2.22. The molecule has 1 aliphatic rings. The normalized spacial score (nSPS) is 21.3. The van der Waals surface area contributed by atoms with Crippen molar-refractivity contribution in [3.05, 3.63) is 42.1 Å². The van der Waals surface area contributed by atoms with Crippen molar-refractivity contribution in [2.24, 2.45) is 0 Å². The van der Waals surface area contributed by atoms with E-state index in [1.165, 1.54) is 11.8 Å². The largest absolute Gasteiger partial charge is 0.377 e. The molecule has 2 unspecified atom stereocenters. The predicted molar refractivity (Wildman–Crippen MR) is 77.1 cm³/mol. The van der Waals surface area contributed by atoms with E-state index in [-0.39, 0.29) is 0 Å². The van der Waals surface area contributed by atoms with E-state index in [1.807, 2.05) is 12.1 Å². The van der Waals surface area contributed by atoms with Gasteiger partial charge in [0.25, 0.3) is 0 Å². The second-order valence-electron chi connectivity index (χ2n) is 4.77. The molecule has 0 saturated carbocycles. The first-order valence-corrected chi connectivity index (χ1v) is 7.35. The SMILES string of the molecule is BrC(Cc1ccc2ccccc2n1)C1CCCO1. The van der Waals surface area contributed by atoms with Crippen molar-refractivity contribution in [2.75, 3.05) is 6.61 Å². The summed E-state index contributed by atoms with van der Waals surface area (Å²) >= 11 is 3.74. The minimum absolute atomic E-state index is 0.346. The Kier molecular flexibility index (Phi) is 3.62. The first-order valence-electron chi connectivity index (χ1n) is 6.43. The zero-order valence-corrected chi connectivity index (χ0v) is 11.8. The van der Waals surface area contributed by atoms with Gasteiger partial charge in [-0.1, -0.05) is 40.2 Å². The zero-order chi connectivity index (χ0) is 12.4. The standard InChI is InChI=1S/C15H16BrNO/c16-13(15-6-3-9-18-15)10-12-8-7-11-4-1-2-5-14(11)17-12/h1-2,4-5,7-8,13,15H,3,6,9-10H2. The monoisotopic (exact) mass is 305 g/mol. The third-order valence-electron chi connectivity index (χ3n) is 3.43. The van der Waals surface area contributed by atoms with Crippen LogP contribution in [0.5, 0.6) is 0 Å². The van der Waals surface area contributed by atoms with Crippen LogP contribution in [0.25, 0.3) is 10.9 Å². The van der Waals surface area contributed by atoms with Crippen LogP contribution in [0, 0.1) is 0 Å². The molecule has 0 aliphatic carbocycles. The van der Waals surface area contributed by atoms with E-state index in [0.29, 0.717) is 10.9 Å². The van der Waals surface area contributed by atoms with Crippen molar-refractivity contribution in [3.63, 3.8) is 0 Å². The molecule has 1 aromatic heterocycles. The molecule has 0 radical (unpaired) electrons. The van der Waals surface area contributed by atoms with E-state index < -0.39 is 0 Å². The van der Waals surface area contributed by atoms with E-state index in [4.69, 9.17) is 9.72 Å². The van der Waals surface area contributed by atoms with Gasteiger partial charge >= 0.3 is 0 Å². The van der Waals surface area contributed by atoms with Gasteiger partial charge in [0, 0.05) is 28.9 Å². The fourth-order valence-corrected chi connectivity index (χ4v) is 3.19. The van der Waals surface area contributed by atoms with Crippen LogP contribution in [0.4, 0.5) is 0 Å². The van der Waals surface area contributed by atoms with Crippen molar-refractivity contribution in [2.45, 2.75) is 30.2 Å². The van der Waals surface area contributed by atoms with Gasteiger partial charge in [-0.25, -0.2) is 0 Å². The predicted octanol–water partition coefficient (Wildman–Crippen LogP) is 3.72. The maximum absolute atomic E-state index is 5.70. The zero-order valence-electron chi connectivity index (χ0n) is 10.2. The number of alkyl halides is 1. The lowest BCUT2D eigenvalue weighted by atomic mass is 10.1. The van der Waals surface area contributed by atoms with Gasteiger partial charge in [0.1, 0.15) is 0 Å². The molecule has 2 aromatic rings. The maximum atomic E-state index is 5.70. The minimum atomic E-state index is 0.346. The van der Waals surface area contributed by atoms with Crippen molar-refractivity contribution in [1.29, 1.82) is 0 Å². The summed E-state index contributed by atoms with van der Waals surface area (Å²) < 4.78 is 5.70. The Balaban J connectivity index is 1.77. The number of hydrogen-bond donors (Lipinski definition) is 0. The Morgan fingerprint density at radius 2 is 2.17 bits per heavy atom. The minimum Gasteiger partial charge on any atom is -0.377 e. The first-order chi connectivity index (χ1) is 8.83. The number of ether oxygens (including phenoxy) is 1. The fourth-order valence-electron chi connectivity index (χ4n) is 2.44. The summed E-state index contributed by atoms with van der Waals surface area (Å²) in [5.41, 5.74) is 2.20. The molecule has 94 valence electrons. The number of benzene rings is 1. The number of halogens is 1. The third kappa shape index (κ3) is 2.57. The molecule has 2 heterocycles. The molecule has 3 rings (SSSR count). The number of rotatable bonds is 3. The average Bonchev–Trinajstić information content (AvgIpc) is 2.92. The highest BCUT2D eigenvalue weighted by molar-refractivity contribution is 9.09. The summed E-state index contributed by atoms with van der Waals surface area (Å²) in [7, 11) is 0. The second-order valence-corrected chi connectivity index (χ2v) is 5.94. The highest BCUT2D eigenvalue weighted by Crippen LogP contribution is 2.24. The van der Waals surface area contributed by atoms with Crippen LogP contribution in [0.3, 0.4) is 0 Å². The van der Waals surface area contributed by atoms with Crippen LogP contribution in [0.2, 0.25) is 0 Å². The van der Waals surface area contributed by atoms with Gasteiger partial charge in [-0.05, 0) is 25.0 Å². The van der Waals surface area contributed by atoms with Crippen LogP contribution in [-0.2, 0) is 11.2 Å². The fraction of sp³-hybridized carbons (Fsp3) is 0.400. The van der Waals surface area contributed by atoms with Gasteiger partial charge in [0.2, 0.25) is 0 Å². The van der Waals surface area contributed by atoms with Gasteiger partial charge in [-0.15, -0.1) is 0 Å². The average molecular weight is 306 g/mol. The van der Waals surface area contributed by atoms with Gasteiger partial charge in [-0.2, -0.15) is 0 Å². The molecule has 2 atom stereocenters. The van der Waals surface area contributed by atoms with Gasteiger partial charge in [-0.3, -0.25) is 4.98 Å². The van der Waals surface area contributed by atoms with E-state index in [2.05, 4.69) is 40.2 Å². The topological polar surface area (TPSA) is 22.1 Å². The number of fused-ring (bicyclic) bond motifs is 1. The Labute approximate surface area is 115 Å². The van der Waals surface area contributed by atoms with Crippen LogP contribution >= 0.6 is 15.9 Å². The van der Waals surface area contributed by atoms with Crippen molar-refractivity contribution in [1.82, 2.24) is 4.98 Å². The molecule has 3 heteroatoms. The Morgan fingerprint density at radius 3 is 3.00 bits per heavy atom.